The van der Waals surface area contributed by atoms with Gasteiger partial charge in [0.1, 0.15) is 0 Å². The van der Waals surface area contributed by atoms with Gasteiger partial charge in [-0.15, -0.1) is 0 Å². The highest BCUT2D eigenvalue weighted by Crippen LogP contribution is 2.42. The molecular weight excluding hydrogens is 292 g/mol. The molecule has 7 heteroatoms. The second-order valence-electron chi connectivity index (χ2n) is 6.59. The summed E-state index contributed by atoms with van der Waals surface area (Å²) >= 11 is 0. The van der Waals surface area contributed by atoms with E-state index in [1.165, 1.54) is 0 Å². The summed E-state index contributed by atoms with van der Waals surface area (Å²) in [5, 5.41) is 6.12. The van der Waals surface area contributed by atoms with Crippen molar-refractivity contribution in [1.82, 2.24) is 10.6 Å². The van der Waals surface area contributed by atoms with Gasteiger partial charge in [0.05, 0.1) is 17.6 Å². The molecule has 0 aromatic carbocycles. The number of carbonyl (C=O) groups excluding carboxylic acids is 1. The lowest BCUT2D eigenvalue weighted by atomic mass is 9.64. The molecule has 0 radical (unpaired) electrons. The molecule has 3 unspecified atom stereocenters. The molecule has 122 valence electrons. The van der Waals surface area contributed by atoms with Crippen molar-refractivity contribution < 1.29 is 17.9 Å². The van der Waals surface area contributed by atoms with Gasteiger partial charge in [-0.2, -0.15) is 0 Å². The monoisotopic (exact) mass is 318 g/mol. The number of rotatable bonds is 5. The van der Waals surface area contributed by atoms with Gasteiger partial charge in [0.2, 0.25) is 5.91 Å². The topological polar surface area (TPSA) is 84.5 Å². The third kappa shape index (κ3) is 3.96. The van der Waals surface area contributed by atoms with Gasteiger partial charge in [-0.1, -0.05) is 13.8 Å². The predicted octanol–water partition coefficient (Wildman–Crippen LogP) is 0.0829. The quantitative estimate of drug-likeness (QED) is 0.750. The number of hydrogen-bond acceptors (Lipinski definition) is 5. The zero-order valence-electron chi connectivity index (χ0n) is 13.0. The molecule has 1 saturated heterocycles. The Morgan fingerprint density at radius 3 is 2.71 bits per heavy atom. The highest BCUT2D eigenvalue weighted by atomic mass is 32.2. The number of nitrogens with one attached hydrogen (secondary N) is 2. The van der Waals surface area contributed by atoms with Gasteiger partial charge in [0, 0.05) is 37.1 Å². The maximum absolute atomic E-state index is 12.1. The Kier molecular flexibility index (Phi) is 4.95. The first-order valence-corrected chi connectivity index (χ1v) is 9.41. The summed E-state index contributed by atoms with van der Waals surface area (Å²) in [4.78, 5) is 12.1. The van der Waals surface area contributed by atoms with Gasteiger partial charge < -0.3 is 15.4 Å². The summed E-state index contributed by atoms with van der Waals surface area (Å²) in [5.74, 6) is 0.130. The average molecular weight is 318 g/mol. The van der Waals surface area contributed by atoms with E-state index in [1.54, 1.807) is 0 Å². The molecule has 2 fully saturated rings. The maximum Gasteiger partial charge on any atom is 0.221 e. The van der Waals surface area contributed by atoms with E-state index in [1.807, 2.05) is 6.92 Å². The minimum atomic E-state index is -3.00. The number of ether oxygens (including phenoxy) is 1. The van der Waals surface area contributed by atoms with Gasteiger partial charge in [0.25, 0.3) is 0 Å². The van der Waals surface area contributed by atoms with Crippen LogP contribution in [0, 0.1) is 5.41 Å². The lowest BCUT2D eigenvalue weighted by Gasteiger charge is -2.51. The highest BCUT2D eigenvalue weighted by Gasteiger charge is 2.49. The smallest absolute Gasteiger partial charge is 0.221 e. The van der Waals surface area contributed by atoms with Crippen LogP contribution in [0.3, 0.4) is 0 Å². The summed E-state index contributed by atoms with van der Waals surface area (Å²) in [6.45, 7) is 7.26. The minimum absolute atomic E-state index is 0.0516. The first-order chi connectivity index (χ1) is 9.74. The number of hydrogen-bond donors (Lipinski definition) is 2. The molecule has 1 heterocycles. The Morgan fingerprint density at radius 2 is 2.14 bits per heavy atom. The standard InChI is InChI=1S/C14H26N2O4S/c1-4-20-12-8-11(14(12,2)3)16-13(17)7-10-9-21(18,19)6-5-15-10/h10-12,15H,4-9H2,1-3H3,(H,16,17). The van der Waals surface area contributed by atoms with Crippen LogP contribution in [0.5, 0.6) is 0 Å². The molecule has 2 N–H and O–H groups in total. The normalized spacial score (nSPS) is 34.0. The van der Waals surface area contributed by atoms with Crippen LogP contribution in [0.15, 0.2) is 0 Å². The molecule has 2 aliphatic rings. The second-order valence-corrected chi connectivity index (χ2v) is 8.82. The Hall–Kier alpha value is -0.660. The van der Waals surface area contributed by atoms with Crippen LogP contribution in [0.25, 0.3) is 0 Å². The van der Waals surface area contributed by atoms with Crippen LogP contribution in [0.2, 0.25) is 0 Å². The van der Waals surface area contributed by atoms with Crippen molar-refractivity contribution in [2.45, 2.75) is 51.8 Å². The fraction of sp³-hybridized carbons (Fsp3) is 0.929. The zero-order chi connectivity index (χ0) is 15.7. The summed E-state index contributed by atoms with van der Waals surface area (Å²) < 4.78 is 28.8. The van der Waals surface area contributed by atoms with Crippen molar-refractivity contribution in [3.8, 4) is 0 Å². The molecular formula is C14H26N2O4S. The van der Waals surface area contributed by atoms with Crippen LogP contribution in [0.4, 0.5) is 0 Å². The van der Waals surface area contributed by atoms with E-state index in [0.29, 0.717) is 13.2 Å². The van der Waals surface area contributed by atoms with Crippen LogP contribution < -0.4 is 10.6 Å². The van der Waals surface area contributed by atoms with Crippen molar-refractivity contribution in [2.75, 3.05) is 24.7 Å². The number of carbonyl (C=O) groups is 1. The average Bonchev–Trinajstić information content (AvgIpc) is 2.36. The minimum Gasteiger partial charge on any atom is -0.378 e. The van der Waals surface area contributed by atoms with Gasteiger partial charge in [-0.25, -0.2) is 8.42 Å². The zero-order valence-corrected chi connectivity index (χ0v) is 13.8. The molecule has 0 spiro atoms. The van der Waals surface area contributed by atoms with E-state index >= 15 is 0 Å². The van der Waals surface area contributed by atoms with Crippen molar-refractivity contribution in [2.24, 2.45) is 5.41 Å². The summed E-state index contributed by atoms with van der Waals surface area (Å²) in [7, 11) is -3.00. The summed E-state index contributed by atoms with van der Waals surface area (Å²) in [6, 6.07) is -0.170. The van der Waals surface area contributed by atoms with Gasteiger partial charge in [-0.3, -0.25) is 4.79 Å². The Morgan fingerprint density at radius 1 is 1.43 bits per heavy atom. The molecule has 0 bridgehead atoms. The fourth-order valence-corrected chi connectivity index (χ4v) is 4.53. The second kappa shape index (κ2) is 6.22. The Labute approximate surface area is 126 Å². The number of amides is 1. The molecule has 1 saturated carbocycles. The Bertz CT molecular complexity index is 489. The first-order valence-electron chi connectivity index (χ1n) is 7.59. The maximum atomic E-state index is 12.1. The van der Waals surface area contributed by atoms with E-state index in [2.05, 4.69) is 24.5 Å². The molecule has 1 aliphatic heterocycles. The molecule has 21 heavy (non-hydrogen) atoms. The predicted molar refractivity (Wildman–Crippen MR) is 80.8 cm³/mol. The third-order valence-corrected chi connectivity index (χ3v) is 6.35. The molecule has 0 aromatic rings. The highest BCUT2D eigenvalue weighted by molar-refractivity contribution is 7.91. The number of sulfone groups is 1. The van der Waals surface area contributed by atoms with Crippen LogP contribution in [-0.4, -0.2) is 57.2 Å². The van der Waals surface area contributed by atoms with E-state index in [9.17, 15) is 13.2 Å². The Balaban J connectivity index is 1.81. The van der Waals surface area contributed by atoms with E-state index in [-0.39, 0.29) is 47.4 Å². The largest absolute Gasteiger partial charge is 0.378 e. The molecule has 1 aliphatic carbocycles. The van der Waals surface area contributed by atoms with E-state index < -0.39 is 9.84 Å². The fourth-order valence-electron chi connectivity index (χ4n) is 3.09. The molecule has 3 atom stereocenters. The third-order valence-electron chi connectivity index (χ3n) is 4.61. The van der Waals surface area contributed by atoms with Crippen molar-refractivity contribution >= 4 is 15.7 Å². The van der Waals surface area contributed by atoms with Crippen molar-refractivity contribution in [1.29, 1.82) is 0 Å². The molecule has 1 amide bonds. The van der Waals surface area contributed by atoms with Gasteiger partial charge in [-0.05, 0) is 13.3 Å². The van der Waals surface area contributed by atoms with Gasteiger partial charge in [0.15, 0.2) is 9.84 Å². The lowest BCUT2D eigenvalue weighted by molar-refractivity contribution is -0.136. The van der Waals surface area contributed by atoms with Gasteiger partial charge >= 0.3 is 0 Å². The summed E-state index contributed by atoms with van der Waals surface area (Å²) in [5.41, 5.74) is -0.0717. The van der Waals surface area contributed by atoms with Crippen LogP contribution >= 0.6 is 0 Å². The first kappa shape index (κ1) is 16.7. The van der Waals surface area contributed by atoms with Crippen LogP contribution in [-0.2, 0) is 19.4 Å². The summed E-state index contributed by atoms with van der Waals surface area (Å²) in [6.07, 6.45) is 1.22. The van der Waals surface area contributed by atoms with E-state index in [4.69, 9.17) is 4.74 Å². The molecule has 2 rings (SSSR count). The molecule has 6 nitrogen and oxygen atoms in total. The van der Waals surface area contributed by atoms with Crippen LogP contribution in [0.1, 0.15) is 33.6 Å². The van der Waals surface area contributed by atoms with Crippen molar-refractivity contribution in [3.63, 3.8) is 0 Å². The van der Waals surface area contributed by atoms with Crippen molar-refractivity contribution in [3.05, 3.63) is 0 Å². The molecule has 0 aromatic heterocycles. The lowest BCUT2D eigenvalue weighted by Crippen LogP contribution is -2.62. The SMILES string of the molecule is CCOC1CC(NC(=O)CC2CS(=O)(=O)CCN2)C1(C)C. The van der Waals surface area contributed by atoms with E-state index in [0.717, 1.165) is 6.42 Å².